The molecular formula is C18H17N3O5S. The van der Waals surface area contributed by atoms with Gasteiger partial charge in [0.25, 0.3) is 5.91 Å². The monoisotopic (exact) mass is 387 g/mol. The minimum Gasteiger partial charge on any atom is -0.493 e. The Labute approximate surface area is 156 Å². The van der Waals surface area contributed by atoms with Crippen LogP contribution in [-0.4, -0.2) is 28.5 Å². The minimum absolute atomic E-state index is 0.0816. The van der Waals surface area contributed by atoms with Gasteiger partial charge < -0.3 is 14.8 Å². The third-order valence-electron chi connectivity index (χ3n) is 3.52. The first-order chi connectivity index (χ1) is 12.8. The standard InChI is InChI=1S/C18H17N3O5S/c1-25-16-8-3-12(10-17(16)26-2)9-13(11-19)18(22)21-14-4-6-15(7-5-14)27(20,23)24/h3-10H,1-2H3,(H,21,22)(H2,20,23,24). The Bertz CT molecular complexity index is 1020. The molecule has 8 nitrogen and oxygen atoms in total. The summed E-state index contributed by atoms with van der Waals surface area (Å²) in [6.07, 6.45) is 1.40. The lowest BCUT2D eigenvalue weighted by molar-refractivity contribution is -0.112. The van der Waals surface area contributed by atoms with Crippen LogP contribution >= 0.6 is 0 Å². The zero-order valence-corrected chi connectivity index (χ0v) is 15.4. The van der Waals surface area contributed by atoms with Gasteiger partial charge in [-0.15, -0.1) is 0 Å². The van der Waals surface area contributed by atoms with E-state index in [1.807, 2.05) is 6.07 Å². The van der Waals surface area contributed by atoms with Crippen molar-refractivity contribution in [3.8, 4) is 17.6 Å². The highest BCUT2D eigenvalue weighted by atomic mass is 32.2. The van der Waals surface area contributed by atoms with Gasteiger partial charge >= 0.3 is 0 Å². The predicted molar refractivity (Wildman–Crippen MR) is 99.6 cm³/mol. The second-order valence-electron chi connectivity index (χ2n) is 5.31. The van der Waals surface area contributed by atoms with Crippen molar-refractivity contribution in [1.82, 2.24) is 0 Å². The molecule has 0 heterocycles. The van der Waals surface area contributed by atoms with Gasteiger partial charge in [0, 0.05) is 5.69 Å². The van der Waals surface area contributed by atoms with Crippen molar-refractivity contribution in [1.29, 1.82) is 5.26 Å². The van der Waals surface area contributed by atoms with Gasteiger partial charge in [0.2, 0.25) is 10.0 Å². The topological polar surface area (TPSA) is 132 Å². The van der Waals surface area contributed by atoms with Crippen molar-refractivity contribution in [2.24, 2.45) is 5.14 Å². The molecule has 2 rings (SSSR count). The highest BCUT2D eigenvalue weighted by Gasteiger charge is 2.12. The predicted octanol–water partition coefficient (Wildman–Crippen LogP) is 1.90. The van der Waals surface area contributed by atoms with Crippen LogP contribution in [0.15, 0.2) is 52.9 Å². The summed E-state index contributed by atoms with van der Waals surface area (Å²) >= 11 is 0. The number of carbonyl (C=O) groups is 1. The number of methoxy groups -OCH3 is 2. The molecule has 0 saturated carbocycles. The number of sulfonamides is 1. The highest BCUT2D eigenvalue weighted by molar-refractivity contribution is 7.89. The van der Waals surface area contributed by atoms with E-state index in [4.69, 9.17) is 14.6 Å². The molecule has 0 aliphatic heterocycles. The summed E-state index contributed by atoms with van der Waals surface area (Å²) in [5.74, 6) is 0.339. The van der Waals surface area contributed by atoms with E-state index in [0.717, 1.165) is 0 Å². The maximum Gasteiger partial charge on any atom is 0.266 e. The smallest absolute Gasteiger partial charge is 0.266 e. The highest BCUT2D eigenvalue weighted by Crippen LogP contribution is 2.28. The van der Waals surface area contributed by atoms with E-state index in [1.165, 1.54) is 44.6 Å². The fraction of sp³-hybridized carbons (Fsp3) is 0.111. The molecule has 0 unspecified atom stereocenters. The number of hydrogen-bond donors (Lipinski definition) is 2. The summed E-state index contributed by atoms with van der Waals surface area (Å²) in [5.41, 5.74) is 0.752. The quantitative estimate of drug-likeness (QED) is 0.575. The molecule has 9 heteroatoms. The zero-order valence-electron chi connectivity index (χ0n) is 14.6. The number of carbonyl (C=O) groups excluding carboxylic acids is 1. The van der Waals surface area contributed by atoms with Gasteiger partial charge in [0.15, 0.2) is 11.5 Å². The maximum atomic E-state index is 12.3. The molecule has 140 valence electrons. The van der Waals surface area contributed by atoms with Crippen LogP contribution in [0.2, 0.25) is 0 Å². The van der Waals surface area contributed by atoms with E-state index < -0.39 is 15.9 Å². The Hall–Kier alpha value is -3.35. The molecule has 0 saturated heterocycles. The van der Waals surface area contributed by atoms with Crippen LogP contribution in [0.5, 0.6) is 11.5 Å². The Kier molecular flexibility index (Phi) is 6.18. The summed E-state index contributed by atoms with van der Waals surface area (Å²) in [6.45, 7) is 0. The van der Waals surface area contributed by atoms with Gasteiger partial charge in [-0.1, -0.05) is 6.07 Å². The number of rotatable bonds is 6. The first kappa shape index (κ1) is 20.0. The Morgan fingerprint density at radius 3 is 2.26 bits per heavy atom. The van der Waals surface area contributed by atoms with Gasteiger partial charge in [-0.3, -0.25) is 4.79 Å². The summed E-state index contributed by atoms with van der Waals surface area (Å²) < 4.78 is 32.8. The number of primary sulfonamides is 1. The van der Waals surface area contributed by atoms with Crippen LogP contribution in [0.4, 0.5) is 5.69 Å². The number of benzene rings is 2. The fourth-order valence-corrected chi connectivity index (χ4v) is 2.70. The normalized spacial score (nSPS) is 11.4. The number of nitriles is 1. The molecule has 0 spiro atoms. The summed E-state index contributed by atoms with van der Waals surface area (Å²) in [6, 6.07) is 12.1. The van der Waals surface area contributed by atoms with E-state index in [1.54, 1.807) is 18.2 Å². The first-order valence-electron chi connectivity index (χ1n) is 7.56. The van der Waals surface area contributed by atoms with Crippen molar-refractivity contribution in [2.75, 3.05) is 19.5 Å². The molecule has 0 fully saturated rings. The SMILES string of the molecule is COc1ccc(C=C(C#N)C(=O)Nc2ccc(S(N)(=O)=O)cc2)cc1OC. The Morgan fingerprint density at radius 1 is 1.11 bits per heavy atom. The lowest BCUT2D eigenvalue weighted by Crippen LogP contribution is -2.14. The molecule has 0 aliphatic carbocycles. The molecule has 0 aromatic heterocycles. The van der Waals surface area contributed by atoms with Crippen LogP contribution < -0.4 is 19.9 Å². The Balaban J connectivity index is 2.23. The van der Waals surface area contributed by atoms with Crippen LogP contribution in [0.3, 0.4) is 0 Å². The number of amides is 1. The van der Waals surface area contributed by atoms with Crippen molar-refractivity contribution in [2.45, 2.75) is 4.90 Å². The third kappa shape index (κ3) is 5.07. The van der Waals surface area contributed by atoms with Gasteiger partial charge in [-0.2, -0.15) is 5.26 Å². The number of nitrogens with zero attached hydrogens (tertiary/aromatic N) is 1. The third-order valence-corrected chi connectivity index (χ3v) is 4.45. The van der Waals surface area contributed by atoms with Gasteiger partial charge in [0.05, 0.1) is 19.1 Å². The first-order valence-corrected chi connectivity index (χ1v) is 9.11. The van der Waals surface area contributed by atoms with Gasteiger partial charge in [0.1, 0.15) is 11.6 Å². The molecule has 27 heavy (non-hydrogen) atoms. The number of nitrogens with two attached hydrogens (primary N) is 1. The van der Waals surface area contributed by atoms with Crippen LogP contribution in [-0.2, 0) is 14.8 Å². The molecular weight excluding hydrogens is 370 g/mol. The van der Waals surface area contributed by atoms with Crippen molar-refractivity contribution >= 4 is 27.7 Å². The van der Waals surface area contributed by atoms with Crippen LogP contribution in [0.25, 0.3) is 6.08 Å². The second kappa shape index (κ2) is 8.35. The Morgan fingerprint density at radius 2 is 1.74 bits per heavy atom. The van der Waals surface area contributed by atoms with Crippen molar-refractivity contribution in [3.05, 3.63) is 53.6 Å². The van der Waals surface area contributed by atoms with E-state index in [9.17, 15) is 18.5 Å². The van der Waals surface area contributed by atoms with E-state index in [0.29, 0.717) is 22.7 Å². The van der Waals surface area contributed by atoms with E-state index >= 15 is 0 Å². The second-order valence-corrected chi connectivity index (χ2v) is 6.87. The molecule has 2 aromatic carbocycles. The van der Waals surface area contributed by atoms with Crippen LogP contribution in [0, 0.1) is 11.3 Å². The van der Waals surface area contributed by atoms with Gasteiger partial charge in [-0.05, 0) is 48.0 Å². The number of nitrogens with one attached hydrogen (secondary N) is 1. The van der Waals surface area contributed by atoms with Crippen LogP contribution in [0.1, 0.15) is 5.56 Å². The molecule has 2 aromatic rings. The number of hydrogen-bond acceptors (Lipinski definition) is 6. The van der Waals surface area contributed by atoms with Crippen molar-refractivity contribution < 1.29 is 22.7 Å². The molecule has 0 atom stereocenters. The summed E-state index contributed by atoms with van der Waals surface area (Å²) in [4.78, 5) is 12.2. The zero-order chi connectivity index (χ0) is 20.0. The summed E-state index contributed by atoms with van der Waals surface area (Å²) in [7, 11) is -0.837. The fourth-order valence-electron chi connectivity index (χ4n) is 2.18. The largest absolute Gasteiger partial charge is 0.493 e. The van der Waals surface area contributed by atoms with E-state index in [-0.39, 0.29) is 10.5 Å². The molecule has 0 radical (unpaired) electrons. The number of anilines is 1. The average molecular weight is 387 g/mol. The lowest BCUT2D eigenvalue weighted by atomic mass is 10.1. The van der Waals surface area contributed by atoms with Gasteiger partial charge in [-0.25, -0.2) is 13.6 Å². The number of ether oxygens (including phenoxy) is 2. The molecule has 0 bridgehead atoms. The minimum atomic E-state index is -3.82. The lowest BCUT2D eigenvalue weighted by Gasteiger charge is -2.08. The molecule has 3 N–H and O–H groups in total. The van der Waals surface area contributed by atoms with E-state index in [2.05, 4.69) is 5.32 Å². The average Bonchev–Trinajstić information content (AvgIpc) is 2.65. The van der Waals surface area contributed by atoms with Crippen molar-refractivity contribution in [3.63, 3.8) is 0 Å². The molecule has 0 aliphatic rings. The molecule has 1 amide bonds. The maximum absolute atomic E-state index is 12.3. The summed E-state index contributed by atoms with van der Waals surface area (Å²) in [5, 5.41) is 16.8.